The fraction of sp³-hybridized carbons (Fsp3) is 0.444. The molecule has 2 aliphatic heterocycles. The van der Waals surface area contributed by atoms with Gasteiger partial charge in [-0.2, -0.15) is 5.10 Å². The Labute approximate surface area is 221 Å². The van der Waals surface area contributed by atoms with E-state index in [1.165, 1.54) is 17.3 Å². The molecule has 0 aliphatic carbocycles. The van der Waals surface area contributed by atoms with Crippen LogP contribution in [-0.2, 0) is 20.8 Å². The molecule has 1 unspecified atom stereocenters. The van der Waals surface area contributed by atoms with E-state index < -0.39 is 28.7 Å². The Morgan fingerprint density at radius 3 is 2.68 bits per heavy atom. The second-order valence-electron chi connectivity index (χ2n) is 10.4. The van der Waals surface area contributed by atoms with Crippen LogP contribution in [0, 0.1) is 11.2 Å². The van der Waals surface area contributed by atoms with Gasteiger partial charge >= 0.3 is 0 Å². The van der Waals surface area contributed by atoms with E-state index in [-0.39, 0.29) is 37.1 Å². The predicted molar refractivity (Wildman–Crippen MR) is 138 cm³/mol. The Morgan fingerprint density at radius 2 is 2.00 bits per heavy atom. The van der Waals surface area contributed by atoms with Crippen molar-refractivity contribution < 1.29 is 23.5 Å². The fourth-order valence-electron chi connectivity index (χ4n) is 4.80. The first-order valence-corrected chi connectivity index (χ1v) is 12.5. The molecule has 202 valence electrons. The number of likely N-dealkylation sites (tertiary alicyclic amines) is 1. The van der Waals surface area contributed by atoms with Crippen LogP contribution in [0.1, 0.15) is 32.3 Å². The largest absolute Gasteiger partial charge is 0.492 e. The number of rotatable bonds is 9. The van der Waals surface area contributed by atoms with Crippen LogP contribution in [0.25, 0.3) is 0 Å². The molecule has 4 rings (SSSR count). The maximum absolute atomic E-state index is 13.8. The monoisotopic (exact) mass is 524 g/mol. The first-order valence-electron chi connectivity index (χ1n) is 12.5. The Kier molecular flexibility index (Phi) is 7.77. The minimum atomic E-state index is -1.22. The zero-order chi connectivity index (χ0) is 27.5. The summed E-state index contributed by atoms with van der Waals surface area (Å²) >= 11 is 0. The molecule has 1 aromatic carbocycles. The number of fused-ring (bicyclic) bond motifs is 1. The van der Waals surface area contributed by atoms with Gasteiger partial charge in [0.1, 0.15) is 23.0 Å². The normalized spacial score (nSPS) is 20.0. The highest BCUT2D eigenvalue weighted by Gasteiger charge is 2.53. The number of hydrogen-bond donors (Lipinski definition) is 2. The number of piperidine rings is 1. The van der Waals surface area contributed by atoms with Crippen LogP contribution in [0.3, 0.4) is 0 Å². The highest BCUT2D eigenvalue weighted by Crippen LogP contribution is 2.38. The van der Waals surface area contributed by atoms with Crippen molar-refractivity contribution >= 4 is 23.4 Å². The zero-order valence-electron chi connectivity index (χ0n) is 21.8. The lowest BCUT2D eigenvalue weighted by Gasteiger charge is -2.41. The van der Waals surface area contributed by atoms with Gasteiger partial charge in [0.2, 0.25) is 11.8 Å². The Bertz CT molecular complexity index is 1230. The van der Waals surface area contributed by atoms with Crippen molar-refractivity contribution in [1.29, 1.82) is 0 Å². The molecule has 10 nitrogen and oxygen atoms in total. The number of pyridine rings is 1. The van der Waals surface area contributed by atoms with Crippen LogP contribution in [0.2, 0.25) is 0 Å². The van der Waals surface area contributed by atoms with E-state index >= 15 is 0 Å². The van der Waals surface area contributed by atoms with E-state index in [2.05, 4.69) is 15.4 Å². The molecule has 3 heterocycles. The molecular formula is C27H33FN6O4. The smallest absolute Gasteiger partial charge is 0.256 e. The molecule has 2 atom stereocenters. The minimum Gasteiger partial charge on any atom is -0.492 e. The van der Waals surface area contributed by atoms with Crippen molar-refractivity contribution in [2.45, 2.75) is 44.7 Å². The second-order valence-corrected chi connectivity index (χ2v) is 10.4. The van der Waals surface area contributed by atoms with Crippen molar-refractivity contribution in [3.8, 4) is 5.75 Å². The molecule has 3 amide bonds. The molecule has 2 aromatic rings. The number of hydrazone groups is 1. The predicted octanol–water partition coefficient (Wildman–Crippen LogP) is 1.50. The average molecular weight is 525 g/mol. The quantitative estimate of drug-likeness (QED) is 0.511. The summed E-state index contributed by atoms with van der Waals surface area (Å²) in [5.74, 6) is -1.36. The molecule has 0 saturated carbocycles. The lowest BCUT2D eigenvalue weighted by Crippen LogP contribution is -2.61. The van der Waals surface area contributed by atoms with E-state index in [1.54, 1.807) is 25.8 Å². The van der Waals surface area contributed by atoms with E-state index in [9.17, 15) is 18.8 Å². The van der Waals surface area contributed by atoms with Crippen LogP contribution >= 0.6 is 0 Å². The summed E-state index contributed by atoms with van der Waals surface area (Å²) in [6, 6.07) is 9.84. The van der Waals surface area contributed by atoms with Crippen molar-refractivity contribution in [1.82, 2.24) is 20.2 Å². The van der Waals surface area contributed by atoms with Crippen molar-refractivity contribution in [2.75, 3.05) is 26.7 Å². The lowest BCUT2D eigenvalue weighted by atomic mass is 9.73. The van der Waals surface area contributed by atoms with Gasteiger partial charge in [0.25, 0.3) is 5.91 Å². The Morgan fingerprint density at radius 1 is 1.26 bits per heavy atom. The van der Waals surface area contributed by atoms with Gasteiger partial charge < -0.3 is 20.7 Å². The molecule has 0 bridgehead atoms. The highest BCUT2D eigenvalue weighted by atomic mass is 19.1. The van der Waals surface area contributed by atoms with E-state index in [1.807, 2.05) is 30.3 Å². The summed E-state index contributed by atoms with van der Waals surface area (Å²) in [6.07, 6.45) is 3.37. The van der Waals surface area contributed by atoms with Gasteiger partial charge in [-0.25, -0.2) is 9.40 Å². The summed E-state index contributed by atoms with van der Waals surface area (Å²) < 4.78 is 19.1. The molecular weight excluding hydrogens is 491 g/mol. The van der Waals surface area contributed by atoms with Gasteiger partial charge in [0, 0.05) is 39.0 Å². The molecule has 38 heavy (non-hydrogen) atoms. The number of amides is 3. The number of hydrogen-bond acceptors (Lipinski definition) is 7. The van der Waals surface area contributed by atoms with Crippen LogP contribution in [0.15, 0.2) is 53.9 Å². The van der Waals surface area contributed by atoms with Gasteiger partial charge in [0.15, 0.2) is 0 Å². The maximum Gasteiger partial charge on any atom is 0.256 e. The first-order chi connectivity index (χ1) is 18.0. The summed E-state index contributed by atoms with van der Waals surface area (Å²) in [5.41, 5.74) is 5.49. The first kappa shape index (κ1) is 27.2. The van der Waals surface area contributed by atoms with Gasteiger partial charge in [-0.05, 0) is 25.8 Å². The van der Waals surface area contributed by atoms with E-state index in [4.69, 9.17) is 10.5 Å². The summed E-state index contributed by atoms with van der Waals surface area (Å²) in [7, 11) is 1.62. The van der Waals surface area contributed by atoms with Crippen LogP contribution in [0.4, 0.5) is 4.39 Å². The molecule has 3 N–H and O–H groups in total. The number of carbonyl (C=O) groups excluding carboxylic acids is 3. The number of halogens is 1. The third-order valence-corrected chi connectivity index (χ3v) is 6.81. The SMILES string of the molecule is CN1N=C2CCN(C(=O)C(CCOc3cncc(F)c3)NC(=O)C(C)(C)N)C[C@@]2(Cc2ccccc2)C1=O. The molecule has 1 fully saturated rings. The lowest BCUT2D eigenvalue weighted by molar-refractivity contribution is -0.142. The molecule has 11 heteroatoms. The van der Waals surface area contributed by atoms with Gasteiger partial charge in [-0.3, -0.25) is 19.4 Å². The molecule has 0 radical (unpaired) electrons. The van der Waals surface area contributed by atoms with Crippen molar-refractivity contribution in [3.63, 3.8) is 0 Å². The van der Waals surface area contributed by atoms with Gasteiger partial charge in [0.05, 0.1) is 30.3 Å². The minimum absolute atomic E-state index is 0.0181. The zero-order valence-corrected chi connectivity index (χ0v) is 21.8. The van der Waals surface area contributed by atoms with Crippen LogP contribution in [-0.4, -0.2) is 76.7 Å². The number of ether oxygens (including phenoxy) is 1. The number of benzene rings is 1. The van der Waals surface area contributed by atoms with Gasteiger partial charge in [-0.1, -0.05) is 30.3 Å². The Balaban J connectivity index is 1.54. The maximum atomic E-state index is 13.8. The Hall–Kier alpha value is -3.86. The molecule has 1 aromatic heterocycles. The number of nitrogens with two attached hydrogens (primary N) is 1. The van der Waals surface area contributed by atoms with Crippen molar-refractivity contribution in [3.05, 3.63) is 60.2 Å². The fourth-order valence-corrected chi connectivity index (χ4v) is 4.80. The number of nitrogens with zero attached hydrogens (tertiary/aromatic N) is 4. The highest BCUT2D eigenvalue weighted by molar-refractivity contribution is 6.13. The van der Waals surface area contributed by atoms with Gasteiger partial charge in [-0.15, -0.1) is 0 Å². The van der Waals surface area contributed by atoms with Crippen molar-refractivity contribution in [2.24, 2.45) is 16.3 Å². The standard InChI is InChI=1S/C27H33FN6O4/c1-26(2,29)24(36)31-21(10-12-38-20-13-19(28)15-30-16-20)23(35)34-11-9-22-27(17-34,25(37)33(3)32-22)14-18-7-5-4-6-8-18/h4-8,13,15-16,21H,9-12,14,17,29H2,1-3H3,(H,31,36)/t21?,27-/m1/s1. The second kappa shape index (κ2) is 10.9. The van der Waals surface area contributed by atoms with E-state index in [0.717, 1.165) is 17.5 Å². The average Bonchev–Trinajstić information content (AvgIpc) is 3.12. The third-order valence-electron chi connectivity index (χ3n) is 6.81. The number of nitrogens with one attached hydrogen (secondary N) is 1. The van der Waals surface area contributed by atoms with Crippen LogP contribution in [0.5, 0.6) is 5.75 Å². The molecule has 1 saturated heterocycles. The molecule has 2 aliphatic rings. The molecule has 0 spiro atoms. The number of carbonyl (C=O) groups is 3. The summed E-state index contributed by atoms with van der Waals surface area (Å²) in [4.78, 5) is 45.3. The van der Waals surface area contributed by atoms with Crippen LogP contribution < -0.4 is 15.8 Å². The summed E-state index contributed by atoms with van der Waals surface area (Å²) in [5, 5.41) is 8.58. The topological polar surface area (TPSA) is 130 Å². The number of aromatic nitrogens is 1. The van der Waals surface area contributed by atoms with E-state index in [0.29, 0.717) is 19.4 Å². The summed E-state index contributed by atoms with van der Waals surface area (Å²) in [6.45, 7) is 3.59. The third kappa shape index (κ3) is 5.83.